The zero-order chi connectivity index (χ0) is 12.8. The fraction of sp³-hybridized carbons (Fsp3) is 0.700. The largest absolute Gasteiger partial charge is 0.376 e. The highest BCUT2D eigenvalue weighted by atomic mass is 32.2. The second-order valence-corrected chi connectivity index (χ2v) is 5.66. The average molecular weight is 247 g/mol. The Labute approximate surface area is 98.1 Å². The average Bonchev–Trinajstić information content (AvgIpc) is 2.08. The molecule has 0 aromatic carbocycles. The maximum absolute atomic E-state index is 11.0. The van der Waals surface area contributed by atoms with Gasteiger partial charge in [-0.15, -0.1) is 0 Å². The molecular weight excluding hydrogens is 226 g/mol. The van der Waals surface area contributed by atoms with Crippen LogP contribution in [0, 0.1) is 5.41 Å². The summed E-state index contributed by atoms with van der Waals surface area (Å²) in [6.45, 7) is 6.86. The number of nitrogens with zero attached hydrogens (tertiary/aromatic N) is 1. The molecule has 0 fully saturated rings. The first-order valence-electron chi connectivity index (χ1n) is 5.19. The summed E-state index contributed by atoms with van der Waals surface area (Å²) in [6.07, 6.45) is 4.65. The quantitative estimate of drug-likeness (QED) is 0.654. The maximum Gasteiger partial charge on any atom is 0.209 e. The van der Waals surface area contributed by atoms with Crippen LogP contribution < -0.4 is 4.72 Å². The van der Waals surface area contributed by atoms with E-state index in [0.29, 0.717) is 12.3 Å². The molecule has 6 heteroatoms. The van der Waals surface area contributed by atoms with Crippen LogP contribution in [-0.2, 0) is 10.0 Å². The molecule has 5 nitrogen and oxygen atoms in total. The van der Waals surface area contributed by atoms with E-state index in [4.69, 9.17) is 5.41 Å². The Bertz CT molecular complexity index is 349. The minimum absolute atomic E-state index is 0.148. The summed E-state index contributed by atoms with van der Waals surface area (Å²) in [6, 6.07) is -0.148. The third-order valence-electron chi connectivity index (χ3n) is 1.87. The van der Waals surface area contributed by atoms with Gasteiger partial charge < -0.3 is 10.3 Å². The van der Waals surface area contributed by atoms with Gasteiger partial charge in [0, 0.05) is 31.0 Å². The number of sulfonamides is 1. The minimum Gasteiger partial charge on any atom is -0.376 e. The summed E-state index contributed by atoms with van der Waals surface area (Å²) < 4.78 is 24.5. The normalized spacial score (nSPS) is 14.0. The van der Waals surface area contributed by atoms with Crippen molar-refractivity contribution >= 4 is 15.7 Å². The number of nitrogens with one attached hydrogen (secondary N) is 2. The Morgan fingerprint density at radius 3 is 2.50 bits per heavy atom. The third kappa shape index (κ3) is 8.43. The van der Waals surface area contributed by atoms with Gasteiger partial charge in [0.1, 0.15) is 0 Å². The van der Waals surface area contributed by atoms with Crippen molar-refractivity contribution in [3.8, 4) is 0 Å². The van der Waals surface area contributed by atoms with Gasteiger partial charge in [0.05, 0.1) is 6.26 Å². The lowest BCUT2D eigenvalue weighted by Crippen LogP contribution is -2.39. The van der Waals surface area contributed by atoms with Crippen molar-refractivity contribution in [3.05, 3.63) is 12.3 Å². The third-order valence-corrected chi connectivity index (χ3v) is 2.70. The number of rotatable bonds is 7. The molecule has 0 aliphatic heterocycles. The van der Waals surface area contributed by atoms with Gasteiger partial charge in [0.15, 0.2) is 0 Å². The molecule has 0 aromatic heterocycles. The van der Waals surface area contributed by atoms with E-state index in [1.165, 1.54) is 0 Å². The molecule has 0 rings (SSSR count). The molecule has 16 heavy (non-hydrogen) atoms. The van der Waals surface area contributed by atoms with E-state index in [0.717, 1.165) is 12.8 Å². The Balaban J connectivity index is 4.27. The van der Waals surface area contributed by atoms with Crippen LogP contribution in [-0.4, -0.2) is 44.4 Å². The van der Waals surface area contributed by atoms with Crippen LogP contribution in [0.1, 0.15) is 20.8 Å². The van der Waals surface area contributed by atoms with Gasteiger partial charge in [-0.1, -0.05) is 0 Å². The molecule has 1 atom stereocenters. The summed E-state index contributed by atoms with van der Waals surface area (Å²) in [5.41, 5.74) is 0.474. The molecule has 0 aliphatic carbocycles. The standard InChI is InChI=1S/C10H21N3O2S/c1-5-13(7-6-9(2)11)8-10(3)12-16(4,14)15/h6-7,10-12H,5,8H2,1-4H3/b7-6+,11-9?/t10-/m1/s1. The van der Waals surface area contributed by atoms with Gasteiger partial charge in [-0.3, -0.25) is 0 Å². The van der Waals surface area contributed by atoms with Crippen LogP contribution in [0.15, 0.2) is 12.3 Å². The SMILES string of the molecule is CCN(/C=C/C(C)=N)C[C@@H](C)NS(C)(=O)=O. The Morgan fingerprint density at radius 1 is 1.56 bits per heavy atom. The van der Waals surface area contributed by atoms with Crippen molar-refractivity contribution in [1.82, 2.24) is 9.62 Å². The molecule has 94 valence electrons. The highest BCUT2D eigenvalue weighted by Crippen LogP contribution is 1.95. The van der Waals surface area contributed by atoms with Crippen molar-refractivity contribution < 1.29 is 8.42 Å². The number of allylic oxidation sites excluding steroid dienone is 1. The van der Waals surface area contributed by atoms with Gasteiger partial charge in [-0.05, 0) is 26.8 Å². The molecule has 0 saturated carbocycles. The summed E-state index contributed by atoms with van der Waals surface area (Å²) in [7, 11) is -3.15. The van der Waals surface area contributed by atoms with Crippen LogP contribution in [0.2, 0.25) is 0 Å². The summed E-state index contributed by atoms with van der Waals surface area (Å²) >= 11 is 0. The lowest BCUT2D eigenvalue weighted by Gasteiger charge is -2.22. The molecule has 0 aliphatic rings. The van der Waals surface area contributed by atoms with E-state index in [-0.39, 0.29) is 6.04 Å². The topological polar surface area (TPSA) is 73.3 Å². The van der Waals surface area contributed by atoms with Gasteiger partial charge >= 0.3 is 0 Å². The smallest absolute Gasteiger partial charge is 0.209 e. The summed E-state index contributed by atoms with van der Waals surface area (Å²) in [5.74, 6) is 0. The van der Waals surface area contributed by atoms with Crippen LogP contribution in [0.4, 0.5) is 0 Å². The highest BCUT2D eigenvalue weighted by Gasteiger charge is 2.10. The highest BCUT2D eigenvalue weighted by molar-refractivity contribution is 7.88. The fourth-order valence-electron chi connectivity index (χ4n) is 1.27. The molecule has 2 N–H and O–H groups in total. The molecule has 0 bridgehead atoms. The van der Waals surface area contributed by atoms with Gasteiger partial charge in [-0.2, -0.15) is 0 Å². The first-order valence-corrected chi connectivity index (χ1v) is 7.08. The molecular formula is C10H21N3O2S. The summed E-state index contributed by atoms with van der Waals surface area (Å²) in [5, 5.41) is 7.26. The molecule has 0 saturated heterocycles. The van der Waals surface area contributed by atoms with E-state index in [1.54, 1.807) is 13.0 Å². The van der Waals surface area contributed by atoms with E-state index in [2.05, 4.69) is 4.72 Å². The summed E-state index contributed by atoms with van der Waals surface area (Å²) in [4.78, 5) is 1.96. The van der Waals surface area contributed by atoms with E-state index < -0.39 is 10.0 Å². The molecule has 0 spiro atoms. The predicted molar refractivity (Wildman–Crippen MR) is 67.2 cm³/mol. The number of hydrogen-bond donors (Lipinski definition) is 2. The van der Waals surface area contributed by atoms with Gasteiger partial charge in [0.25, 0.3) is 0 Å². The zero-order valence-corrected chi connectivity index (χ0v) is 11.1. The van der Waals surface area contributed by atoms with Crippen LogP contribution in [0.3, 0.4) is 0 Å². The number of hydrogen-bond acceptors (Lipinski definition) is 4. The number of likely N-dealkylation sites (N-methyl/N-ethyl adjacent to an activating group) is 1. The van der Waals surface area contributed by atoms with E-state index in [9.17, 15) is 8.42 Å². The Morgan fingerprint density at radius 2 is 2.12 bits per heavy atom. The van der Waals surface area contributed by atoms with Crippen LogP contribution in [0.25, 0.3) is 0 Å². The van der Waals surface area contributed by atoms with E-state index in [1.807, 2.05) is 24.9 Å². The monoisotopic (exact) mass is 247 g/mol. The molecule has 0 unspecified atom stereocenters. The van der Waals surface area contributed by atoms with Crippen molar-refractivity contribution in [1.29, 1.82) is 5.41 Å². The Kier molecular flexibility index (Phi) is 6.28. The minimum atomic E-state index is -3.15. The van der Waals surface area contributed by atoms with E-state index >= 15 is 0 Å². The van der Waals surface area contributed by atoms with Crippen molar-refractivity contribution in [3.63, 3.8) is 0 Å². The first-order chi connectivity index (χ1) is 7.24. The molecule has 0 aromatic rings. The van der Waals surface area contributed by atoms with Gasteiger partial charge in [0.2, 0.25) is 10.0 Å². The van der Waals surface area contributed by atoms with Crippen LogP contribution in [0.5, 0.6) is 0 Å². The predicted octanol–water partition coefficient (Wildman–Crippen LogP) is 0.799. The lowest BCUT2D eigenvalue weighted by atomic mass is 10.3. The molecule has 0 amide bonds. The molecule has 0 heterocycles. The first kappa shape index (κ1) is 15.1. The Hall–Kier alpha value is -0.880. The van der Waals surface area contributed by atoms with Gasteiger partial charge in [-0.25, -0.2) is 13.1 Å². The lowest BCUT2D eigenvalue weighted by molar-refractivity contribution is 0.362. The van der Waals surface area contributed by atoms with Crippen LogP contribution >= 0.6 is 0 Å². The second-order valence-electron chi connectivity index (χ2n) is 3.88. The second kappa shape index (κ2) is 6.65. The van der Waals surface area contributed by atoms with Crippen molar-refractivity contribution in [2.45, 2.75) is 26.8 Å². The maximum atomic E-state index is 11.0. The van der Waals surface area contributed by atoms with Crippen molar-refractivity contribution in [2.24, 2.45) is 0 Å². The zero-order valence-electron chi connectivity index (χ0n) is 10.3. The van der Waals surface area contributed by atoms with Crippen molar-refractivity contribution in [2.75, 3.05) is 19.3 Å². The molecule has 0 radical (unpaired) electrons. The fourth-order valence-corrected chi connectivity index (χ4v) is 2.07.